The maximum absolute atomic E-state index is 12.7. The first-order valence-corrected chi connectivity index (χ1v) is 20.9. The molecule has 8 saturated heterocycles. The number of fused-ring (bicyclic) bond motifs is 4. The fraction of sp³-hybridized carbons (Fsp3) is 0.972. The highest BCUT2D eigenvalue weighted by atomic mass is 32.2. The molecule has 0 unspecified atom stereocenters. The first-order valence-electron chi connectivity index (χ1n) is 18.8. The zero-order valence-electron chi connectivity index (χ0n) is 29.5. The van der Waals surface area contributed by atoms with Crippen LogP contribution in [0.4, 0.5) is 0 Å². The van der Waals surface area contributed by atoms with E-state index >= 15 is 0 Å². The zero-order chi connectivity index (χ0) is 33.5. The molecule has 12 heteroatoms. The lowest BCUT2D eigenvalue weighted by atomic mass is 9.58. The van der Waals surface area contributed by atoms with Gasteiger partial charge in [-0.1, -0.05) is 27.7 Å². The predicted molar refractivity (Wildman–Crippen MR) is 179 cm³/mol. The van der Waals surface area contributed by atoms with Crippen LogP contribution in [0.3, 0.4) is 0 Å². The van der Waals surface area contributed by atoms with Crippen LogP contribution < -0.4 is 0 Å². The second-order valence-electron chi connectivity index (χ2n) is 16.6. The summed E-state index contributed by atoms with van der Waals surface area (Å²) in [6.07, 6.45) is 8.49. The number of ether oxygens (including phenoxy) is 5. The van der Waals surface area contributed by atoms with Gasteiger partial charge in [0, 0.05) is 30.4 Å². The highest BCUT2D eigenvalue weighted by Crippen LogP contribution is 2.63. The molecule has 2 spiro atoms. The van der Waals surface area contributed by atoms with Gasteiger partial charge in [0.05, 0.1) is 13.0 Å². The maximum atomic E-state index is 12.7. The van der Waals surface area contributed by atoms with Gasteiger partial charge < -0.3 is 23.7 Å². The Morgan fingerprint density at radius 3 is 1.69 bits per heavy atom. The molecule has 2 saturated carbocycles. The van der Waals surface area contributed by atoms with Crippen LogP contribution in [0.2, 0.25) is 0 Å². The largest absolute Gasteiger partial charge is 0.466 e. The van der Waals surface area contributed by atoms with Gasteiger partial charge in [-0.15, -0.1) is 23.5 Å². The van der Waals surface area contributed by atoms with Crippen LogP contribution in [0.5, 0.6) is 0 Å². The smallest absolute Gasteiger partial charge is 0.306 e. The summed E-state index contributed by atoms with van der Waals surface area (Å²) in [7, 11) is 0. The fourth-order valence-electron chi connectivity index (χ4n) is 10.9. The molecule has 48 heavy (non-hydrogen) atoms. The van der Waals surface area contributed by atoms with Crippen LogP contribution in [0.25, 0.3) is 0 Å². The number of hydrogen-bond acceptors (Lipinski definition) is 12. The average Bonchev–Trinajstić information content (AvgIpc) is 3.43. The Morgan fingerprint density at radius 2 is 1.17 bits per heavy atom. The molecule has 0 aromatic carbocycles. The van der Waals surface area contributed by atoms with E-state index in [1.807, 2.05) is 13.8 Å². The number of thioether (sulfide) groups is 2. The number of carbonyl (C=O) groups is 1. The number of carbonyl (C=O) groups excluding carboxylic acids is 1. The van der Waals surface area contributed by atoms with Gasteiger partial charge in [-0.05, 0) is 100 Å². The van der Waals surface area contributed by atoms with Crippen LogP contribution in [-0.4, -0.2) is 70.3 Å². The third kappa shape index (κ3) is 5.64. The zero-order valence-corrected chi connectivity index (χ0v) is 31.2. The van der Waals surface area contributed by atoms with Gasteiger partial charge in [0.25, 0.3) is 0 Å². The van der Waals surface area contributed by atoms with Crippen LogP contribution >= 0.6 is 23.5 Å². The van der Waals surface area contributed by atoms with Crippen molar-refractivity contribution in [2.75, 3.05) is 18.1 Å². The number of hydrogen-bond donors (Lipinski definition) is 0. The Bertz CT molecular complexity index is 1210. The van der Waals surface area contributed by atoms with Gasteiger partial charge in [0.1, 0.15) is 10.9 Å². The molecular weight excluding hydrogens is 657 g/mol. The normalized spacial score (nSPS) is 53.7. The molecule has 0 aromatic rings. The van der Waals surface area contributed by atoms with Crippen LogP contribution in [0.1, 0.15) is 106 Å². The summed E-state index contributed by atoms with van der Waals surface area (Å²) in [6, 6.07) is 0. The molecule has 8 heterocycles. The third-order valence-electron chi connectivity index (χ3n) is 13.6. The van der Waals surface area contributed by atoms with E-state index in [2.05, 4.69) is 27.7 Å². The predicted octanol–water partition coefficient (Wildman–Crippen LogP) is 7.19. The Balaban J connectivity index is 0.791. The molecular formula is C36H56O10S2. The van der Waals surface area contributed by atoms with E-state index in [9.17, 15) is 4.79 Å². The molecule has 10 rings (SSSR count). The van der Waals surface area contributed by atoms with E-state index in [4.69, 9.17) is 43.2 Å². The van der Waals surface area contributed by atoms with E-state index in [1.54, 1.807) is 23.5 Å². The molecule has 0 radical (unpaired) electrons. The average molecular weight is 713 g/mol. The van der Waals surface area contributed by atoms with Crippen molar-refractivity contribution >= 4 is 29.5 Å². The summed E-state index contributed by atoms with van der Waals surface area (Å²) in [4.78, 5) is 37.2. The molecule has 0 aromatic heterocycles. The number of rotatable bonds is 9. The van der Waals surface area contributed by atoms with Crippen molar-refractivity contribution in [2.24, 2.45) is 47.3 Å². The first-order chi connectivity index (χ1) is 23.0. The SMILES string of the molecule is C[C@H]1[C@H](SCCCOC(=O)CCS[C@@H]2O[C@@H]3O[C@]4(C)CC[C@H]5[C@H](C)CC[C@@H]([C@H]2C)[C@@]35OO4)O[C@@H]2O[C@]3(C)CC[C@H]4[C@H](C)CC[C@@H]1[C@@]24OO3. The monoisotopic (exact) mass is 712 g/mol. The van der Waals surface area contributed by atoms with Crippen molar-refractivity contribution in [3.05, 3.63) is 0 Å². The van der Waals surface area contributed by atoms with Gasteiger partial charge in [-0.3, -0.25) is 4.79 Å². The highest BCUT2D eigenvalue weighted by molar-refractivity contribution is 8.00. The Hall–Kier alpha value is -0.150. The second-order valence-corrected chi connectivity index (χ2v) is 19.0. The van der Waals surface area contributed by atoms with Crippen molar-refractivity contribution in [3.63, 3.8) is 0 Å². The Kier molecular flexibility index (Phi) is 9.50. The van der Waals surface area contributed by atoms with Crippen LogP contribution in [-0.2, 0) is 48.0 Å². The molecule has 16 atom stereocenters. The van der Waals surface area contributed by atoms with Gasteiger partial charge in [-0.25, -0.2) is 19.6 Å². The third-order valence-corrected chi connectivity index (χ3v) is 16.3. The molecule has 8 aliphatic heterocycles. The molecule has 0 amide bonds. The van der Waals surface area contributed by atoms with Crippen molar-refractivity contribution < 1.29 is 48.0 Å². The van der Waals surface area contributed by atoms with Gasteiger partial charge in [-0.2, -0.15) is 0 Å². The van der Waals surface area contributed by atoms with E-state index in [0.717, 1.165) is 50.7 Å². The Labute approximate surface area is 294 Å². The van der Waals surface area contributed by atoms with E-state index < -0.39 is 35.4 Å². The summed E-state index contributed by atoms with van der Waals surface area (Å²) in [6.45, 7) is 13.6. The molecule has 10 nitrogen and oxygen atoms in total. The van der Waals surface area contributed by atoms with Crippen LogP contribution in [0, 0.1) is 47.3 Å². The lowest BCUT2D eigenvalue weighted by Crippen LogP contribution is -2.70. The van der Waals surface area contributed by atoms with Gasteiger partial charge >= 0.3 is 5.97 Å². The minimum Gasteiger partial charge on any atom is -0.466 e. The second kappa shape index (κ2) is 13.1. The van der Waals surface area contributed by atoms with Crippen molar-refractivity contribution in [2.45, 2.75) is 152 Å². The lowest BCUT2D eigenvalue weighted by molar-refractivity contribution is -0.568. The highest BCUT2D eigenvalue weighted by Gasteiger charge is 2.70. The number of esters is 1. The van der Waals surface area contributed by atoms with Gasteiger partial charge in [0.2, 0.25) is 11.6 Å². The molecule has 272 valence electrons. The van der Waals surface area contributed by atoms with E-state index in [1.165, 1.54) is 12.8 Å². The van der Waals surface area contributed by atoms with Crippen molar-refractivity contribution in [3.8, 4) is 0 Å². The molecule has 4 bridgehead atoms. The summed E-state index contributed by atoms with van der Waals surface area (Å²) < 4.78 is 32.0. The standard InChI is InChI=1S/C36H56O10S2/c1-20-8-10-26-22(3)29(39-31-35(26)24(20)12-15-33(5,41-31)43-45-35)47-18-7-17-38-28(37)14-19-48-30-23(4)27-11-9-21(2)25-13-16-34(6)42-32(40-30)36(25,27)46-44-34/h20-27,29-32H,7-19H2,1-6H3/t20-,21-,22-,23-,24+,25+,26+,27+,29+,30+,31-,32-,33+,34+,35-,36-/m1/s1. The summed E-state index contributed by atoms with van der Waals surface area (Å²) in [5.41, 5.74) is -1.14. The van der Waals surface area contributed by atoms with Crippen molar-refractivity contribution in [1.82, 2.24) is 0 Å². The summed E-state index contributed by atoms with van der Waals surface area (Å²) in [5, 5.41) is 0. The summed E-state index contributed by atoms with van der Waals surface area (Å²) in [5.74, 6) is 2.79. The minimum absolute atomic E-state index is 0.00446. The quantitative estimate of drug-likeness (QED) is 0.137. The van der Waals surface area contributed by atoms with E-state index in [0.29, 0.717) is 60.2 Å². The maximum Gasteiger partial charge on any atom is 0.306 e. The first kappa shape index (κ1) is 34.9. The Morgan fingerprint density at radius 1 is 0.667 bits per heavy atom. The minimum atomic E-state index is -0.777. The molecule has 0 N–H and O–H groups in total. The van der Waals surface area contributed by atoms with Crippen LogP contribution in [0.15, 0.2) is 0 Å². The van der Waals surface area contributed by atoms with E-state index in [-0.39, 0.29) is 22.8 Å². The lowest BCUT2D eigenvalue weighted by Gasteiger charge is -2.60. The van der Waals surface area contributed by atoms with Crippen molar-refractivity contribution in [1.29, 1.82) is 0 Å². The summed E-state index contributed by atoms with van der Waals surface area (Å²) >= 11 is 3.50. The van der Waals surface area contributed by atoms with Gasteiger partial charge in [0.15, 0.2) is 23.8 Å². The fourth-order valence-corrected chi connectivity index (χ4v) is 13.3. The topological polar surface area (TPSA) is 100 Å². The molecule has 2 aliphatic carbocycles. The molecule has 10 fully saturated rings. The molecule has 10 aliphatic rings.